The number of aromatic amines is 1. The standard InChI is InChI=1S/C29H34FN5O3S/c1-18-26-24(33-32-18)15-23(31-27(26)38-21-16-28(2,3)35(6)29(4,5)17-21)19-11-13-20(14-12-19)34-39(36,37)25-10-8-7-9-22(25)30/h7-15,21,34H,16-17H2,1-6H3,(H,32,33). The van der Waals surface area contributed by atoms with Crippen molar-refractivity contribution in [1.29, 1.82) is 0 Å². The largest absolute Gasteiger partial charge is 0.474 e. The number of aryl methyl sites for hydroxylation is 1. The number of likely N-dealkylation sites (tertiary alicyclic amines) is 1. The number of rotatable bonds is 6. The number of piperidine rings is 1. The van der Waals surface area contributed by atoms with Crippen molar-refractivity contribution in [1.82, 2.24) is 20.1 Å². The summed E-state index contributed by atoms with van der Waals surface area (Å²) in [5.41, 5.74) is 3.26. The van der Waals surface area contributed by atoms with E-state index in [0.717, 1.165) is 41.1 Å². The van der Waals surface area contributed by atoms with Gasteiger partial charge in [-0.05, 0) is 72.0 Å². The Hall–Kier alpha value is -3.50. The highest BCUT2D eigenvalue weighted by Gasteiger charge is 2.44. The molecule has 206 valence electrons. The molecule has 2 aromatic heterocycles. The molecule has 0 unspecified atom stereocenters. The maximum absolute atomic E-state index is 14.1. The van der Waals surface area contributed by atoms with E-state index < -0.39 is 20.7 Å². The Kier molecular flexibility index (Phi) is 6.67. The van der Waals surface area contributed by atoms with Crippen molar-refractivity contribution in [2.24, 2.45) is 0 Å². The summed E-state index contributed by atoms with van der Waals surface area (Å²) in [5, 5.41) is 8.35. The average molecular weight is 552 g/mol. The summed E-state index contributed by atoms with van der Waals surface area (Å²) in [6.45, 7) is 10.9. The van der Waals surface area contributed by atoms with Crippen molar-refractivity contribution in [2.75, 3.05) is 11.8 Å². The van der Waals surface area contributed by atoms with E-state index in [9.17, 15) is 12.8 Å². The molecule has 0 amide bonds. The minimum atomic E-state index is -4.07. The van der Waals surface area contributed by atoms with Crippen LogP contribution >= 0.6 is 0 Å². The van der Waals surface area contributed by atoms with Crippen LogP contribution in [-0.2, 0) is 10.0 Å². The summed E-state index contributed by atoms with van der Waals surface area (Å²) >= 11 is 0. The van der Waals surface area contributed by atoms with Gasteiger partial charge in [0.2, 0.25) is 5.88 Å². The smallest absolute Gasteiger partial charge is 0.264 e. The van der Waals surface area contributed by atoms with Gasteiger partial charge in [0.1, 0.15) is 16.8 Å². The molecule has 0 spiro atoms. The third-order valence-electron chi connectivity index (χ3n) is 7.79. The molecule has 1 saturated heterocycles. The zero-order chi connectivity index (χ0) is 28.2. The number of hydrogen-bond acceptors (Lipinski definition) is 6. The minimum absolute atomic E-state index is 0.0263. The summed E-state index contributed by atoms with van der Waals surface area (Å²) in [6, 6.07) is 13.9. The quantitative estimate of drug-likeness (QED) is 0.309. The van der Waals surface area contributed by atoms with Crippen molar-refractivity contribution < 1.29 is 17.5 Å². The zero-order valence-corrected chi connectivity index (χ0v) is 23.9. The summed E-state index contributed by atoms with van der Waals surface area (Å²) < 4.78 is 48.5. The molecular formula is C29H34FN5O3S. The van der Waals surface area contributed by atoms with Crippen LogP contribution in [0.5, 0.6) is 5.88 Å². The van der Waals surface area contributed by atoms with Gasteiger partial charge in [-0.2, -0.15) is 5.10 Å². The number of benzene rings is 2. The van der Waals surface area contributed by atoms with E-state index in [1.165, 1.54) is 18.2 Å². The topological polar surface area (TPSA) is 100 Å². The lowest BCUT2D eigenvalue weighted by Crippen LogP contribution is -2.60. The van der Waals surface area contributed by atoms with Gasteiger partial charge < -0.3 is 4.74 Å². The third-order valence-corrected chi connectivity index (χ3v) is 9.21. The molecule has 8 nitrogen and oxygen atoms in total. The first-order valence-corrected chi connectivity index (χ1v) is 14.4. The Morgan fingerprint density at radius 2 is 1.69 bits per heavy atom. The molecule has 0 bridgehead atoms. The van der Waals surface area contributed by atoms with Crippen LogP contribution in [0.25, 0.3) is 22.2 Å². The van der Waals surface area contributed by atoms with Crippen molar-refractivity contribution in [3.05, 3.63) is 66.1 Å². The highest BCUT2D eigenvalue weighted by Crippen LogP contribution is 2.40. The van der Waals surface area contributed by atoms with E-state index >= 15 is 0 Å². The number of H-pyrrole nitrogens is 1. The van der Waals surface area contributed by atoms with Gasteiger partial charge in [-0.25, -0.2) is 17.8 Å². The molecule has 0 atom stereocenters. The number of fused-ring (bicyclic) bond motifs is 1. The Bertz CT molecular complexity index is 1610. The summed E-state index contributed by atoms with van der Waals surface area (Å²) in [5.74, 6) is -0.281. The molecule has 3 heterocycles. The van der Waals surface area contributed by atoms with Gasteiger partial charge in [0, 0.05) is 40.9 Å². The lowest BCUT2D eigenvalue weighted by Gasteiger charge is -2.53. The predicted octanol–water partition coefficient (Wildman–Crippen LogP) is 5.90. The van der Waals surface area contributed by atoms with E-state index in [1.807, 2.05) is 13.0 Å². The normalized spacial score (nSPS) is 17.8. The average Bonchev–Trinajstić information content (AvgIpc) is 3.23. The number of sulfonamides is 1. The molecule has 4 aromatic rings. The number of hydrogen-bond donors (Lipinski definition) is 2. The number of nitrogens with zero attached hydrogens (tertiary/aromatic N) is 3. The molecule has 2 aromatic carbocycles. The Balaban J connectivity index is 1.44. The van der Waals surface area contributed by atoms with Crippen molar-refractivity contribution in [2.45, 2.75) is 69.5 Å². The Labute approximate surface area is 228 Å². The van der Waals surface area contributed by atoms with E-state index in [4.69, 9.17) is 9.72 Å². The van der Waals surface area contributed by atoms with Crippen molar-refractivity contribution in [3.8, 4) is 17.1 Å². The Morgan fingerprint density at radius 1 is 1.05 bits per heavy atom. The predicted molar refractivity (Wildman–Crippen MR) is 151 cm³/mol. The van der Waals surface area contributed by atoms with Crippen LogP contribution < -0.4 is 9.46 Å². The molecular weight excluding hydrogens is 517 g/mol. The SMILES string of the molecule is Cc1[nH]nc2cc(-c3ccc(NS(=O)(=O)c4ccccc4F)cc3)nc(OC3CC(C)(C)N(C)C(C)(C)C3)c12. The van der Waals surface area contributed by atoms with Gasteiger partial charge in [0.15, 0.2) is 0 Å². The van der Waals surface area contributed by atoms with Crippen molar-refractivity contribution in [3.63, 3.8) is 0 Å². The molecule has 5 rings (SSSR count). The molecule has 0 saturated carbocycles. The summed E-state index contributed by atoms with van der Waals surface area (Å²) in [4.78, 5) is 6.89. The van der Waals surface area contributed by atoms with Gasteiger partial charge in [-0.1, -0.05) is 24.3 Å². The molecule has 2 N–H and O–H groups in total. The van der Waals surface area contributed by atoms with Crippen LogP contribution in [0.1, 0.15) is 46.2 Å². The highest BCUT2D eigenvalue weighted by atomic mass is 32.2. The first-order chi connectivity index (χ1) is 18.3. The van der Waals surface area contributed by atoms with E-state index in [1.54, 1.807) is 24.3 Å². The number of ether oxygens (including phenoxy) is 1. The fourth-order valence-electron chi connectivity index (χ4n) is 5.49. The summed E-state index contributed by atoms with van der Waals surface area (Å²) in [6.07, 6.45) is 1.68. The number of anilines is 1. The molecule has 1 aliphatic heterocycles. The van der Waals surface area contributed by atoms with Crippen LogP contribution in [0.3, 0.4) is 0 Å². The number of pyridine rings is 1. The molecule has 0 radical (unpaired) electrons. The van der Waals surface area contributed by atoms with Crippen LogP contribution in [0.4, 0.5) is 10.1 Å². The molecule has 1 aliphatic rings. The number of halogens is 1. The maximum Gasteiger partial charge on any atom is 0.264 e. The molecule has 10 heteroatoms. The van der Waals surface area contributed by atoms with Crippen molar-refractivity contribution >= 4 is 26.6 Å². The fraction of sp³-hybridized carbons (Fsp3) is 0.379. The third kappa shape index (κ3) is 5.23. The Morgan fingerprint density at radius 3 is 2.33 bits per heavy atom. The van der Waals surface area contributed by atoms with Gasteiger partial charge >= 0.3 is 0 Å². The molecule has 1 fully saturated rings. The van der Waals surface area contributed by atoms with E-state index in [2.05, 4.69) is 54.6 Å². The molecule has 39 heavy (non-hydrogen) atoms. The maximum atomic E-state index is 14.1. The lowest BCUT2D eigenvalue weighted by molar-refractivity contribution is -0.0562. The van der Waals surface area contributed by atoms with Gasteiger partial charge in [0.25, 0.3) is 10.0 Å². The van der Waals surface area contributed by atoms with Crippen LogP contribution in [-0.4, -0.2) is 52.7 Å². The van der Waals surface area contributed by atoms with Gasteiger partial charge in [0.05, 0.1) is 16.6 Å². The highest BCUT2D eigenvalue weighted by molar-refractivity contribution is 7.92. The van der Waals surface area contributed by atoms with E-state index in [0.29, 0.717) is 17.3 Å². The minimum Gasteiger partial charge on any atom is -0.474 e. The lowest BCUT2D eigenvalue weighted by atomic mass is 9.79. The first kappa shape index (κ1) is 27.1. The van der Waals surface area contributed by atoms with Gasteiger partial charge in [-0.3, -0.25) is 14.7 Å². The second kappa shape index (κ2) is 9.60. The monoisotopic (exact) mass is 551 g/mol. The second-order valence-corrected chi connectivity index (χ2v) is 13.2. The number of nitrogens with one attached hydrogen (secondary N) is 2. The first-order valence-electron chi connectivity index (χ1n) is 12.9. The van der Waals surface area contributed by atoms with Crippen LogP contribution in [0, 0.1) is 12.7 Å². The van der Waals surface area contributed by atoms with Crippen LogP contribution in [0.2, 0.25) is 0 Å². The molecule has 0 aliphatic carbocycles. The fourth-order valence-corrected chi connectivity index (χ4v) is 6.62. The van der Waals surface area contributed by atoms with Crippen LogP contribution in [0.15, 0.2) is 59.5 Å². The zero-order valence-electron chi connectivity index (χ0n) is 23.0. The van der Waals surface area contributed by atoms with E-state index in [-0.39, 0.29) is 17.2 Å². The summed E-state index contributed by atoms with van der Waals surface area (Å²) in [7, 11) is -1.91. The second-order valence-electron chi connectivity index (χ2n) is 11.5. The number of aromatic nitrogens is 3. The van der Waals surface area contributed by atoms with Gasteiger partial charge in [-0.15, -0.1) is 0 Å².